The average Bonchev–Trinajstić information content (AvgIpc) is 3.42. The highest BCUT2D eigenvalue weighted by Gasteiger charge is 2.29. The van der Waals surface area contributed by atoms with Crippen molar-refractivity contribution in [3.63, 3.8) is 0 Å². The van der Waals surface area contributed by atoms with Gasteiger partial charge in [0.15, 0.2) is 0 Å². The SMILES string of the molecule is CC[C@H](C(=O)N(Cc1cc(NC(=O)c2cccc(F)c2)ccc1N(C)C)C[C@@H]1CCCO1)c1ccccc1. The number of hydrogen-bond acceptors (Lipinski definition) is 4. The molecule has 1 saturated heterocycles. The van der Waals surface area contributed by atoms with E-state index in [9.17, 15) is 14.0 Å². The van der Waals surface area contributed by atoms with Crippen LogP contribution in [-0.2, 0) is 16.1 Å². The fourth-order valence-corrected chi connectivity index (χ4v) is 4.99. The fraction of sp³-hybridized carbons (Fsp3) is 0.355. The maximum Gasteiger partial charge on any atom is 0.255 e. The Balaban J connectivity index is 1.63. The monoisotopic (exact) mass is 517 g/mol. The minimum absolute atomic E-state index is 0.00546. The lowest BCUT2D eigenvalue weighted by Gasteiger charge is -2.31. The van der Waals surface area contributed by atoms with Crippen molar-refractivity contribution < 1.29 is 18.7 Å². The van der Waals surface area contributed by atoms with Crippen LogP contribution in [0.2, 0.25) is 0 Å². The second-order valence-corrected chi connectivity index (χ2v) is 9.93. The smallest absolute Gasteiger partial charge is 0.255 e. The van der Waals surface area contributed by atoms with Crippen molar-refractivity contribution in [2.75, 3.05) is 37.5 Å². The van der Waals surface area contributed by atoms with Crippen molar-refractivity contribution in [2.45, 2.75) is 44.8 Å². The Bertz CT molecular complexity index is 1240. The Kier molecular flexibility index (Phi) is 9.13. The molecule has 1 heterocycles. The van der Waals surface area contributed by atoms with Crippen LogP contribution in [0.3, 0.4) is 0 Å². The highest BCUT2D eigenvalue weighted by molar-refractivity contribution is 6.04. The Morgan fingerprint density at radius 1 is 1.05 bits per heavy atom. The lowest BCUT2D eigenvalue weighted by molar-refractivity contribution is -0.135. The standard InChI is InChI=1S/C31H36FN3O3/c1-4-28(22-10-6-5-7-11-22)31(37)35(21-27-14-9-17-38-27)20-24-19-26(15-16-29(24)34(2)3)33-30(36)23-12-8-13-25(32)18-23/h5-8,10-13,15-16,18-19,27-28H,4,9,14,17,20-21H2,1-3H3,(H,33,36)/t27-,28-/m0/s1. The topological polar surface area (TPSA) is 61.9 Å². The van der Waals surface area contributed by atoms with Crippen LogP contribution in [0.1, 0.15) is 53.6 Å². The molecule has 0 saturated carbocycles. The molecule has 3 aromatic carbocycles. The summed E-state index contributed by atoms with van der Waals surface area (Å²) in [6, 6.07) is 21.1. The predicted octanol–water partition coefficient (Wildman–Crippen LogP) is 5.85. The predicted molar refractivity (Wildman–Crippen MR) is 149 cm³/mol. The molecule has 0 aromatic heterocycles. The van der Waals surface area contributed by atoms with Crippen LogP contribution >= 0.6 is 0 Å². The number of anilines is 2. The van der Waals surface area contributed by atoms with E-state index in [1.165, 1.54) is 18.2 Å². The maximum absolute atomic E-state index is 14.0. The third kappa shape index (κ3) is 6.78. The second kappa shape index (κ2) is 12.7. The van der Waals surface area contributed by atoms with Crippen LogP contribution in [0.15, 0.2) is 72.8 Å². The minimum Gasteiger partial charge on any atom is -0.377 e. The summed E-state index contributed by atoms with van der Waals surface area (Å²) in [5, 5.41) is 2.88. The maximum atomic E-state index is 14.0. The third-order valence-corrected chi connectivity index (χ3v) is 6.94. The zero-order chi connectivity index (χ0) is 27.1. The highest BCUT2D eigenvalue weighted by atomic mass is 19.1. The van der Waals surface area contributed by atoms with Gasteiger partial charge < -0.3 is 19.9 Å². The second-order valence-electron chi connectivity index (χ2n) is 9.93. The number of nitrogens with one attached hydrogen (secondary N) is 1. The largest absolute Gasteiger partial charge is 0.377 e. The van der Waals surface area contributed by atoms with Gasteiger partial charge in [-0.05, 0) is 66.8 Å². The molecule has 2 atom stereocenters. The Morgan fingerprint density at radius 2 is 1.84 bits per heavy atom. The van der Waals surface area contributed by atoms with Gasteiger partial charge in [-0.1, -0.05) is 43.3 Å². The van der Waals surface area contributed by atoms with Crippen LogP contribution in [0.5, 0.6) is 0 Å². The molecular formula is C31H36FN3O3. The molecule has 1 fully saturated rings. The summed E-state index contributed by atoms with van der Waals surface area (Å²) in [6.45, 7) is 3.63. The molecule has 1 aliphatic heterocycles. The first-order valence-electron chi connectivity index (χ1n) is 13.2. The molecule has 200 valence electrons. The van der Waals surface area contributed by atoms with Gasteiger partial charge in [0.2, 0.25) is 5.91 Å². The zero-order valence-corrected chi connectivity index (χ0v) is 22.3. The molecular weight excluding hydrogens is 481 g/mol. The van der Waals surface area contributed by atoms with E-state index >= 15 is 0 Å². The first-order chi connectivity index (χ1) is 18.4. The number of nitrogens with zero attached hydrogens (tertiary/aromatic N) is 2. The van der Waals surface area contributed by atoms with E-state index in [1.54, 1.807) is 6.07 Å². The van der Waals surface area contributed by atoms with E-state index < -0.39 is 11.7 Å². The lowest BCUT2D eigenvalue weighted by Crippen LogP contribution is -2.40. The lowest BCUT2D eigenvalue weighted by atomic mass is 9.94. The number of carbonyl (C=O) groups is 2. The van der Waals surface area contributed by atoms with Gasteiger partial charge in [-0.2, -0.15) is 0 Å². The molecule has 0 unspecified atom stereocenters. The van der Waals surface area contributed by atoms with Gasteiger partial charge in [0, 0.05) is 50.7 Å². The van der Waals surface area contributed by atoms with Crippen LogP contribution in [0, 0.1) is 5.82 Å². The summed E-state index contributed by atoms with van der Waals surface area (Å²) in [5.74, 6) is -1.05. The highest BCUT2D eigenvalue weighted by Crippen LogP contribution is 2.29. The molecule has 6 nitrogen and oxygen atoms in total. The van der Waals surface area contributed by atoms with Crippen molar-refractivity contribution in [3.8, 4) is 0 Å². The number of rotatable bonds is 10. The summed E-state index contributed by atoms with van der Waals surface area (Å²) >= 11 is 0. The number of hydrogen-bond donors (Lipinski definition) is 1. The first kappa shape index (κ1) is 27.3. The van der Waals surface area contributed by atoms with Gasteiger partial charge in [0.25, 0.3) is 5.91 Å². The van der Waals surface area contributed by atoms with Gasteiger partial charge in [-0.3, -0.25) is 9.59 Å². The van der Waals surface area contributed by atoms with Gasteiger partial charge in [0.1, 0.15) is 5.82 Å². The summed E-state index contributed by atoms with van der Waals surface area (Å²) in [7, 11) is 3.91. The van der Waals surface area contributed by atoms with Crippen molar-refractivity contribution >= 4 is 23.2 Å². The number of halogens is 1. The van der Waals surface area contributed by atoms with Crippen molar-refractivity contribution in [2.24, 2.45) is 0 Å². The fourth-order valence-electron chi connectivity index (χ4n) is 4.99. The number of ether oxygens (including phenoxy) is 1. The van der Waals surface area contributed by atoms with Gasteiger partial charge in [0.05, 0.1) is 12.0 Å². The molecule has 4 rings (SSSR count). The molecule has 0 aliphatic carbocycles. The van der Waals surface area contributed by atoms with Gasteiger partial charge >= 0.3 is 0 Å². The van der Waals surface area contributed by atoms with Crippen LogP contribution in [-0.4, -0.2) is 50.1 Å². The zero-order valence-electron chi connectivity index (χ0n) is 22.3. The van der Waals surface area contributed by atoms with Crippen LogP contribution in [0.25, 0.3) is 0 Å². The molecule has 7 heteroatoms. The number of amides is 2. The average molecular weight is 518 g/mol. The Hall–Kier alpha value is -3.71. The third-order valence-electron chi connectivity index (χ3n) is 6.94. The molecule has 38 heavy (non-hydrogen) atoms. The normalized spacial score (nSPS) is 15.6. The van der Waals surface area contributed by atoms with Crippen molar-refractivity contribution in [1.29, 1.82) is 0 Å². The Labute approximate surface area is 224 Å². The van der Waals surface area contributed by atoms with E-state index in [0.29, 0.717) is 31.8 Å². The van der Waals surface area contributed by atoms with E-state index in [1.807, 2.05) is 79.3 Å². The molecule has 0 radical (unpaired) electrons. The molecule has 1 aliphatic rings. The quantitative estimate of drug-likeness (QED) is 0.367. The minimum atomic E-state index is -0.464. The summed E-state index contributed by atoms with van der Waals surface area (Å²) in [5.41, 5.74) is 3.68. The first-order valence-corrected chi connectivity index (χ1v) is 13.2. The van der Waals surface area contributed by atoms with Gasteiger partial charge in [-0.15, -0.1) is 0 Å². The van der Waals surface area contributed by atoms with Crippen LogP contribution < -0.4 is 10.2 Å². The summed E-state index contributed by atoms with van der Waals surface area (Å²) in [6.07, 6.45) is 2.62. The molecule has 1 N–H and O–H groups in total. The van der Waals surface area contributed by atoms with E-state index in [0.717, 1.165) is 29.7 Å². The summed E-state index contributed by atoms with van der Waals surface area (Å²) < 4.78 is 19.6. The van der Waals surface area contributed by atoms with E-state index in [2.05, 4.69) is 5.32 Å². The van der Waals surface area contributed by atoms with E-state index in [4.69, 9.17) is 4.74 Å². The summed E-state index contributed by atoms with van der Waals surface area (Å²) in [4.78, 5) is 30.6. The Morgan fingerprint density at radius 3 is 2.50 bits per heavy atom. The van der Waals surface area contributed by atoms with E-state index in [-0.39, 0.29) is 23.5 Å². The number of carbonyl (C=O) groups excluding carboxylic acids is 2. The van der Waals surface area contributed by atoms with Crippen molar-refractivity contribution in [1.82, 2.24) is 4.90 Å². The molecule has 0 spiro atoms. The van der Waals surface area contributed by atoms with Crippen molar-refractivity contribution in [3.05, 3.63) is 95.3 Å². The molecule has 3 aromatic rings. The molecule has 0 bridgehead atoms. The molecule has 2 amide bonds. The van der Waals surface area contributed by atoms with Crippen LogP contribution in [0.4, 0.5) is 15.8 Å². The number of benzene rings is 3. The van der Waals surface area contributed by atoms with Gasteiger partial charge in [-0.25, -0.2) is 4.39 Å².